The van der Waals surface area contributed by atoms with Gasteiger partial charge in [-0.05, 0) is 44.2 Å². The van der Waals surface area contributed by atoms with Crippen LogP contribution in [0.15, 0.2) is 18.2 Å². The lowest BCUT2D eigenvalue weighted by Crippen LogP contribution is -2.49. The maximum Gasteiger partial charge on any atom is 0.144 e. The van der Waals surface area contributed by atoms with Crippen molar-refractivity contribution in [1.29, 1.82) is 0 Å². The van der Waals surface area contributed by atoms with E-state index in [1.165, 1.54) is 31.4 Å². The number of halogens is 1. The Labute approximate surface area is 113 Å². The maximum absolute atomic E-state index is 13.2. The molecule has 19 heavy (non-hydrogen) atoms. The lowest BCUT2D eigenvalue weighted by molar-refractivity contribution is -0.130. The summed E-state index contributed by atoms with van der Waals surface area (Å²) in [5.41, 5.74) is 0.980. The van der Waals surface area contributed by atoms with E-state index in [0.29, 0.717) is 11.8 Å². The largest absolute Gasteiger partial charge is 0.494 e. The second kappa shape index (κ2) is 5.00. The van der Waals surface area contributed by atoms with Crippen LogP contribution in [0.2, 0.25) is 0 Å². The molecule has 0 bridgehead atoms. The Morgan fingerprint density at radius 3 is 2.95 bits per heavy atom. The smallest absolute Gasteiger partial charge is 0.144 e. The van der Waals surface area contributed by atoms with E-state index in [1.54, 1.807) is 13.2 Å². The third-order valence-electron chi connectivity index (χ3n) is 4.28. The average Bonchev–Trinajstić information content (AvgIpc) is 2.39. The summed E-state index contributed by atoms with van der Waals surface area (Å²) < 4.78 is 24.3. The number of nitrogens with one attached hydrogen (secondary N) is 1. The molecule has 104 valence electrons. The number of ether oxygens (including phenoxy) is 2. The molecule has 3 nitrogen and oxygen atoms in total. The summed E-state index contributed by atoms with van der Waals surface area (Å²) in [6.07, 6.45) is 5.64. The van der Waals surface area contributed by atoms with E-state index in [9.17, 15) is 4.39 Å². The number of anilines is 1. The molecule has 1 unspecified atom stereocenters. The molecule has 2 aliphatic rings. The molecule has 0 amide bonds. The highest BCUT2D eigenvalue weighted by molar-refractivity contribution is 5.57. The molecule has 1 N–H and O–H groups in total. The zero-order chi connectivity index (χ0) is 13.3. The van der Waals surface area contributed by atoms with Crippen LogP contribution >= 0.6 is 0 Å². The quantitative estimate of drug-likeness (QED) is 0.909. The highest BCUT2D eigenvalue weighted by Crippen LogP contribution is 2.43. The van der Waals surface area contributed by atoms with Crippen molar-refractivity contribution in [2.45, 2.75) is 43.7 Å². The molecule has 1 aromatic carbocycles. The van der Waals surface area contributed by atoms with E-state index >= 15 is 0 Å². The van der Waals surface area contributed by atoms with Crippen molar-refractivity contribution in [3.8, 4) is 5.75 Å². The summed E-state index contributed by atoms with van der Waals surface area (Å²) in [5.74, 6) is 0.291. The molecule has 1 saturated carbocycles. The first-order valence-corrected chi connectivity index (χ1v) is 6.95. The number of methoxy groups -OCH3 is 1. The van der Waals surface area contributed by atoms with Gasteiger partial charge in [0.2, 0.25) is 0 Å². The molecule has 1 saturated heterocycles. The van der Waals surface area contributed by atoms with Gasteiger partial charge in [-0.25, -0.2) is 4.39 Å². The van der Waals surface area contributed by atoms with Crippen molar-refractivity contribution < 1.29 is 13.9 Å². The molecular weight excluding hydrogens is 245 g/mol. The molecule has 3 rings (SSSR count). The zero-order valence-corrected chi connectivity index (χ0v) is 11.2. The lowest BCUT2D eigenvalue weighted by atomic mass is 9.74. The third kappa shape index (κ3) is 2.54. The van der Waals surface area contributed by atoms with Crippen LogP contribution < -0.4 is 10.1 Å². The SMILES string of the molecule is COc1cc(F)ccc1NC1CCOC2(CCC2)C1. The lowest BCUT2D eigenvalue weighted by Gasteiger charge is -2.47. The number of benzene rings is 1. The minimum absolute atomic E-state index is 0.114. The summed E-state index contributed by atoms with van der Waals surface area (Å²) in [7, 11) is 1.57. The van der Waals surface area contributed by atoms with Crippen molar-refractivity contribution in [3.63, 3.8) is 0 Å². The van der Waals surface area contributed by atoms with E-state index in [0.717, 1.165) is 25.1 Å². The van der Waals surface area contributed by atoms with Crippen molar-refractivity contribution in [2.24, 2.45) is 0 Å². The number of hydrogen-bond acceptors (Lipinski definition) is 3. The van der Waals surface area contributed by atoms with Crippen LogP contribution in [0, 0.1) is 5.82 Å². The topological polar surface area (TPSA) is 30.5 Å². The first-order chi connectivity index (χ1) is 9.21. The van der Waals surface area contributed by atoms with Crippen LogP contribution in [0.5, 0.6) is 5.75 Å². The van der Waals surface area contributed by atoms with E-state index in [2.05, 4.69) is 5.32 Å². The minimum Gasteiger partial charge on any atom is -0.494 e. The first kappa shape index (κ1) is 12.7. The molecule has 1 aliphatic carbocycles. The molecule has 1 atom stereocenters. The summed E-state index contributed by atoms with van der Waals surface area (Å²) >= 11 is 0. The van der Waals surface area contributed by atoms with Crippen molar-refractivity contribution >= 4 is 5.69 Å². The predicted molar refractivity (Wildman–Crippen MR) is 72.1 cm³/mol. The van der Waals surface area contributed by atoms with Crippen LogP contribution in [0.1, 0.15) is 32.1 Å². The van der Waals surface area contributed by atoms with Gasteiger partial charge < -0.3 is 14.8 Å². The highest BCUT2D eigenvalue weighted by Gasteiger charge is 2.42. The molecule has 1 heterocycles. The van der Waals surface area contributed by atoms with Gasteiger partial charge >= 0.3 is 0 Å². The molecule has 0 aromatic heterocycles. The maximum atomic E-state index is 13.2. The average molecular weight is 265 g/mol. The number of rotatable bonds is 3. The Morgan fingerprint density at radius 2 is 2.26 bits per heavy atom. The van der Waals surface area contributed by atoms with Crippen LogP contribution in [-0.2, 0) is 4.74 Å². The molecule has 1 aliphatic heterocycles. The fraction of sp³-hybridized carbons (Fsp3) is 0.600. The van der Waals surface area contributed by atoms with Gasteiger partial charge in [0.15, 0.2) is 0 Å². The third-order valence-corrected chi connectivity index (χ3v) is 4.28. The van der Waals surface area contributed by atoms with Gasteiger partial charge in [0, 0.05) is 18.7 Å². The van der Waals surface area contributed by atoms with Crippen molar-refractivity contribution in [3.05, 3.63) is 24.0 Å². The molecule has 4 heteroatoms. The van der Waals surface area contributed by atoms with Gasteiger partial charge in [-0.15, -0.1) is 0 Å². The van der Waals surface area contributed by atoms with Crippen molar-refractivity contribution in [1.82, 2.24) is 0 Å². The van der Waals surface area contributed by atoms with Crippen molar-refractivity contribution in [2.75, 3.05) is 19.0 Å². The van der Waals surface area contributed by atoms with Gasteiger partial charge in [0.1, 0.15) is 11.6 Å². The summed E-state index contributed by atoms with van der Waals surface area (Å²) in [6.45, 7) is 0.807. The first-order valence-electron chi connectivity index (χ1n) is 6.95. The Balaban J connectivity index is 1.70. The molecule has 2 fully saturated rings. The summed E-state index contributed by atoms with van der Waals surface area (Å²) in [6, 6.07) is 5.01. The van der Waals surface area contributed by atoms with E-state index in [1.807, 2.05) is 0 Å². The summed E-state index contributed by atoms with van der Waals surface area (Å²) in [4.78, 5) is 0. The molecule has 1 aromatic rings. The van der Waals surface area contributed by atoms with Crippen LogP contribution in [0.25, 0.3) is 0 Å². The van der Waals surface area contributed by atoms with Gasteiger partial charge in [0.05, 0.1) is 18.4 Å². The van der Waals surface area contributed by atoms with E-state index in [4.69, 9.17) is 9.47 Å². The Hall–Kier alpha value is -1.29. The predicted octanol–water partition coefficient (Wildman–Crippen LogP) is 3.35. The second-order valence-corrected chi connectivity index (χ2v) is 5.56. The minimum atomic E-state index is -0.273. The Kier molecular flexibility index (Phi) is 3.35. The van der Waals surface area contributed by atoms with Crippen LogP contribution in [-0.4, -0.2) is 25.4 Å². The van der Waals surface area contributed by atoms with Gasteiger partial charge in [-0.3, -0.25) is 0 Å². The highest BCUT2D eigenvalue weighted by atomic mass is 19.1. The monoisotopic (exact) mass is 265 g/mol. The second-order valence-electron chi connectivity index (χ2n) is 5.56. The fourth-order valence-electron chi connectivity index (χ4n) is 3.07. The van der Waals surface area contributed by atoms with E-state index < -0.39 is 0 Å². The zero-order valence-electron chi connectivity index (χ0n) is 11.2. The standard InChI is InChI=1S/C15H20FNO2/c1-18-14-9-11(16)3-4-13(14)17-12-5-8-19-15(10-12)6-2-7-15/h3-4,9,12,17H,2,5-8,10H2,1H3. The van der Waals surface area contributed by atoms with Gasteiger partial charge in [-0.1, -0.05) is 0 Å². The number of hydrogen-bond donors (Lipinski definition) is 1. The molecule has 1 spiro atoms. The Bertz CT molecular complexity index is 459. The van der Waals surface area contributed by atoms with Crippen LogP contribution in [0.3, 0.4) is 0 Å². The normalized spacial score (nSPS) is 24.8. The molecule has 0 radical (unpaired) electrons. The van der Waals surface area contributed by atoms with Gasteiger partial charge in [0.25, 0.3) is 0 Å². The molecular formula is C15H20FNO2. The summed E-state index contributed by atoms with van der Waals surface area (Å²) in [5, 5.41) is 3.48. The fourth-order valence-corrected chi connectivity index (χ4v) is 3.07. The van der Waals surface area contributed by atoms with Crippen LogP contribution in [0.4, 0.5) is 10.1 Å². The Morgan fingerprint density at radius 1 is 1.42 bits per heavy atom. The van der Waals surface area contributed by atoms with E-state index in [-0.39, 0.29) is 11.4 Å². The van der Waals surface area contributed by atoms with Gasteiger partial charge in [-0.2, -0.15) is 0 Å².